The summed E-state index contributed by atoms with van der Waals surface area (Å²) in [7, 11) is 0. The van der Waals surface area contributed by atoms with Crippen LogP contribution < -0.4 is 0 Å². The molecule has 0 saturated heterocycles. The fourth-order valence-electron chi connectivity index (χ4n) is 8.64. The number of rotatable bonds is 55. The van der Waals surface area contributed by atoms with Crippen molar-refractivity contribution in [2.75, 3.05) is 13.2 Å². The highest BCUT2D eigenvalue weighted by molar-refractivity contribution is 5.71. The summed E-state index contributed by atoms with van der Waals surface area (Å²) in [5.74, 6) is -0.900. The molecule has 0 radical (unpaired) electrons. The smallest absolute Gasteiger partial charge is 0.306 e. The molecule has 6 nitrogen and oxygen atoms in total. The SMILES string of the molecule is CC/C=C\C/C=C\C/C=C\CCCCCCCC(=O)OC[C@H](COC(=O)CCCCCCCC/C=C\C/C=C\C/C=C\CCCCC)OC(=O)CCCCCCCCCCCCCCCCCCCCC. The molecule has 0 bridgehead atoms. The molecule has 0 saturated carbocycles. The molecule has 0 aliphatic rings. The molecule has 0 aromatic carbocycles. The van der Waals surface area contributed by atoms with Crippen molar-refractivity contribution in [3.8, 4) is 0 Å². The molecule has 0 aromatic heterocycles. The first-order chi connectivity index (χ1) is 35.0. The first-order valence-corrected chi connectivity index (χ1v) is 30.4. The summed E-state index contributed by atoms with van der Waals surface area (Å²) < 4.78 is 16.9. The molecule has 0 unspecified atom stereocenters. The maximum atomic E-state index is 12.9. The van der Waals surface area contributed by atoms with Gasteiger partial charge in [0.1, 0.15) is 13.2 Å². The zero-order valence-electron chi connectivity index (χ0n) is 47.0. The molecule has 0 aromatic rings. The Balaban J connectivity index is 4.39. The van der Waals surface area contributed by atoms with Crippen LogP contribution in [0.1, 0.15) is 303 Å². The Kier molecular flexibility index (Phi) is 56.8. The Bertz CT molecular complexity index is 1320. The van der Waals surface area contributed by atoms with E-state index >= 15 is 0 Å². The van der Waals surface area contributed by atoms with E-state index in [0.717, 1.165) is 116 Å². The summed E-state index contributed by atoms with van der Waals surface area (Å²) >= 11 is 0. The minimum absolute atomic E-state index is 0.0857. The lowest BCUT2D eigenvalue weighted by molar-refractivity contribution is -0.167. The van der Waals surface area contributed by atoms with Crippen LogP contribution in [0.4, 0.5) is 0 Å². The number of carbonyl (C=O) groups is 3. The van der Waals surface area contributed by atoms with E-state index in [9.17, 15) is 14.4 Å². The third kappa shape index (κ3) is 57.6. The van der Waals surface area contributed by atoms with Crippen LogP contribution in [0.2, 0.25) is 0 Å². The second-order valence-electron chi connectivity index (χ2n) is 20.2. The number of unbranched alkanes of at least 4 members (excludes halogenated alkanes) is 32. The fraction of sp³-hybridized carbons (Fsp3) is 0.769. The molecule has 410 valence electrons. The number of hydrogen-bond acceptors (Lipinski definition) is 6. The van der Waals surface area contributed by atoms with Gasteiger partial charge in [-0.05, 0) is 89.9 Å². The highest BCUT2D eigenvalue weighted by Crippen LogP contribution is 2.16. The third-order valence-electron chi connectivity index (χ3n) is 13.2. The first-order valence-electron chi connectivity index (χ1n) is 30.4. The molecule has 0 spiro atoms. The van der Waals surface area contributed by atoms with Crippen LogP contribution in [0.15, 0.2) is 72.9 Å². The molecule has 0 rings (SSSR count). The van der Waals surface area contributed by atoms with E-state index < -0.39 is 6.10 Å². The van der Waals surface area contributed by atoms with Gasteiger partial charge >= 0.3 is 17.9 Å². The predicted octanol–water partition coefficient (Wildman–Crippen LogP) is 20.5. The van der Waals surface area contributed by atoms with Crippen molar-refractivity contribution in [2.45, 2.75) is 309 Å². The molecule has 1 atom stereocenters. The Morgan fingerprint density at radius 3 is 0.887 bits per heavy atom. The Morgan fingerprint density at radius 2 is 0.549 bits per heavy atom. The average Bonchev–Trinajstić information content (AvgIpc) is 3.37. The van der Waals surface area contributed by atoms with Crippen LogP contribution in [0.3, 0.4) is 0 Å². The third-order valence-corrected chi connectivity index (χ3v) is 13.2. The van der Waals surface area contributed by atoms with Gasteiger partial charge in [-0.15, -0.1) is 0 Å². The van der Waals surface area contributed by atoms with Gasteiger partial charge in [0.2, 0.25) is 0 Å². The molecule has 71 heavy (non-hydrogen) atoms. The van der Waals surface area contributed by atoms with E-state index in [-0.39, 0.29) is 31.1 Å². The van der Waals surface area contributed by atoms with E-state index in [1.54, 1.807) is 0 Å². The lowest BCUT2D eigenvalue weighted by Crippen LogP contribution is -2.30. The molecule has 0 aliphatic carbocycles. The highest BCUT2D eigenvalue weighted by Gasteiger charge is 2.19. The quantitative estimate of drug-likeness (QED) is 0.0261. The van der Waals surface area contributed by atoms with Gasteiger partial charge in [-0.2, -0.15) is 0 Å². The van der Waals surface area contributed by atoms with Crippen molar-refractivity contribution in [3.05, 3.63) is 72.9 Å². The highest BCUT2D eigenvalue weighted by atomic mass is 16.6. The van der Waals surface area contributed by atoms with Gasteiger partial charge in [0, 0.05) is 19.3 Å². The maximum absolute atomic E-state index is 12.9. The lowest BCUT2D eigenvalue weighted by Gasteiger charge is -2.18. The van der Waals surface area contributed by atoms with Gasteiger partial charge in [-0.1, -0.05) is 267 Å². The normalized spacial score (nSPS) is 12.5. The van der Waals surface area contributed by atoms with Crippen LogP contribution in [0.25, 0.3) is 0 Å². The average molecular weight is 992 g/mol. The van der Waals surface area contributed by atoms with Crippen molar-refractivity contribution >= 4 is 17.9 Å². The molecule has 0 amide bonds. The molecular weight excluding hydrogens is 877 g/mol. The zero-order chi connectivity index (χ0) is 51.4. The topological polar surface area (TPSA) is 78.9 Å². The number of ether oxygens (including phenoxy) is 3. The van der Waals surface area contributed by atoms with Crippen molar-refractivity contribution in [2.24, 2.45) is 0 Å². The summed E-state index contributed by atoms with van der Waals surface area (Å²) in [5, 5.41) is 0. The summed E-state index contributed by atoms with van der Waals surface area (Å²) in [4.78, 5) is 38.2. The fourth-order valence-corrected chi connectivity index (χ4v) is 8.64. The van der Waals surface area contributed by atoms with E-state index in [2.05, 4.69) is 93.7 Å². The van der Waals surface area contributed by atoms with Gasteiger partial charge in [-0.25, -0.2) is 0 Å². The zero-order valence-corrected chi connectivity index (χ0v) is 47.0. The number of esters is 3. The summed E-state index contributed by atoms with van der Waals surface area (Å²) in [6, 6.07) is 0. The number of allylic oxidation sites excluding steroid dienone is 12. The Morgan fingerprint density at radius 1 is 0.296 bits per heavy atom. The monoisotopic (exact) mass is 991 g/mol. The summed E-state index contributed by atoms with van der Waals surface area (Å²) in [5.41, 5.74) is 0. The van der Waals surface area contributed by atoms with Gasteiger partial charge in [0.25, 0.3) is 0 Å². The van der Waals surface area contributed by atoms with E-state index in [1.807, 2.05) is 0 Å². The van der Waals surface area contributed by atoms with Gasteiger partial charge in [-0.3, -0.25) is 14.4 Å². The molecule has 6 heteroatoms. The first kappa shape index (κ1) is 67.8. The van der Waals surface area contributed by atoms with Crippen molar-refractivity contribution in [1.29, 1.82) is 0 Å². The molecule has 0 N–H and O–H groups in total. The Hall–Kier alpha value is -3.15. The second kappa shape index (κ2) is 59.4. The molecule has 0 fully saturated rings. The minimum atomic E-state index is -0.788. The van der Waals surface area contributed by atoms with Gasteiger partial charge < -0.3 is 14.2 Å². The summed E-state index contributed by atoms with van der Waals surface area (Å²) in [6.07, 6.45) is 76.1. The van der Waals surface area contributed by atoms with Crippen LogP contribution in [-0.2, 0) is 28.6 Å². The van der Waals surface area contributed by atoms with Crippen LogP contribution in [0, 0.1) is 0 Å². The lowest BCUT2D eigenvalue weighted by atomic mass is 10.0. The number of hydrogen-bond donors (Lipinski definition) is 0. The van der Waals surface area contributed by atoms with Crippen molar-refractivity contribution < 1.29 is 28.6 Å². The van der Waals surface area contributed by atoms with Gasteiger partial charge in [0.15, 0.2) is 6.10 Å². The maximum Gasteiger partial charge on any atom is 0.306 e. The number of carbonyl (C=O) groups excluding carboxylic acids is 3. The van der Waals surface area contributed by atoms with Crippen molar-refractivity contribution in [3.63, 3.8) is 0 Å². The van der Waals surface area contributed by atoms with E-state index in [1.165, 1.54) is 148 Å². The summed E-state index contributed by atoms with van der Waals surface area (Å²) in [6.45, 7) is 6.51. The standard InChI is InChI=1S/C65H114O6/c1-4-7-10-13-16-19-22-25-28-30-32-34-37-40-43-46-49-52-55-58-64(67)70-61-62(60-69-63(66)57-54-51-48-45-42-39-36-27-24-21-18-15-12-9-6-3)71-65(68)59-56-53-50-47-44-41-38-35-33-31-29-26-23-20-17-14-11-8-5-2/h9,12,16,18-19,21,25,27-28,32,34,36,62H,4-8,10-11,13-15,17,20,22-24,26,29-31,33,35,37-61H2,1-3H3/b12-9-,19-16-,21-18-,28-25-,34-32-,36-27-/t62-/m1/s1. The predicted molar refractivity (Wildman–Crippen MR) is 307 cm³/mol. The molecule has 0 heterocycles. The van der Waals surface area contributed by atoms with E-state index in [0.29, 0.717) is 19.3 Å². The Labute approximate surface area is 440 Å². The second-order valence-corrected chi connectivity index (χ2v) is 20.2. The largest absolute Gasteiger partial charge is 0.462 e. The van der Waals surface area contributed by atoms with Crippen LogP contribution in [-0.4, -0.2) is 37.2 Å². The molecular formula is C65H114O6. The van der Waals surface area contributed by atoms with Gasteiger partial charge in [0.05, 0.1) is 0 Å². The van der Waals surface area contributed by atoms with Crippen LogP contribution in [0.5, 0.6) is 0 Å². The van der Waals surface area contributed by atoms with E-state index in [4.69, 9.17) is 14.2 Å². The molecule has 0 aliphatic heterocycles. The van der Waals surface area contributed by atoms with Crippen molar-refractivity contribution in [1.82, 2.24) is 0 Å². The van der Waals surface area contributed by atoms with Crippen LogP contribution >= 0.6 is 0 Å². The minimum Gasteiger partial charge on any atom is -0.462 e.